The molecule has 3 rings (SSSR count). The van der Waals surface area contributed by atoms with E-state index in [2.05, 4.69) is 5.32 Å². The molecule has 1 amide bonds. The molecular formula is C18H17Cl2NO2. The summed E-state index contributed by atoms with van der Waals surface area (Å²) in [6.07, 6.45) is 1.24. The predicted molar refractivity (Wildman–Crippen MR) is 92.0 cm³/mol. The van der Waals surface area contributed by atoms with E-state index >= 15 is 0 Å². The van der Waals surface area contributed by atoms with Crippen molar-refractivity contribution >= 4 is 29.1 Å². The van der Waals surface area contributed by atoms with Gasteiger partial charge in [0.05, 0.1) is 10.6 Å². The first-order valence-electron chi connectivity index (χ1n) is 7.49. The Hall–Kier alpha value is -1.71. The fourth-order valence-corrected chi connectivity index (χ4v) is 2.97. The molecule has 0 bridgehead atoms. The molecule has 0 radical (unpaired) electrons. The van der Waals surface area contributed by atoms with Gasteiger partial charge in [-0.1, -0.05) is 53.5 Å². The van der Waals surface area contributed by atoms with Gasteiger partial charge in [0.1, 0.15) is 5.75 Å². The molecule has 2 aromatic rings. The van der Waals surface area contributed by atoms with E-state index in [9.17, 15) is 4.79 Å². The number of carbonyl (C=O) groups excluding carboxylic acids is 1. The quantitative estimate of drug-likeness (QED) is 0.858. The Morgan fingerprint density at radius 2 is 1.87 bits per heavy atom. The molecule has 1 N–H and O–H groups in total. The van der Waals surface area contributed by atoms with E-state index in [-0.39, 0.29) is 11.4 Å². The summed E-state index contributed by atoms with van der Waals surface area (Å²) in [5, 5.41) is 4.02. The fraction of sp³-hybridized carbons (Fsp3) is 0.278. The van der Waals surface area contributed by atoms with Crippen molar-refractivity contribution in [3.8, 4) is 5.75 Å². The Balaban J connectivity index is 1.66. The summed E-state index contributed by atoms with van der Waals surface area (Å²) in [5.41, 5.74) is 0.879. The number of nitrogens with one attached hydrogen (secondary N) is 1. The van der Waals surface area contributed by atoms with Crippen molar-refractivity contribution in [1.82, 2.24) is 5.32 Å². The average molecular weight is 350 g/mol. The van der Waals surface area contributed by atoms with Crippen LogP contribution in [-0.2, 0) is 10.3 Å². The van der Waals surface area contributed by atoms with Gasteiger partial charge in [-0.15, -0.1) is 0 Å². The maximum Gasteiger partial charge on any atom is 0.261 e. The monoisotopic (exact) mass is 349 g/mol. The van der Waals surface area contributed by atoms with Crippen LogP contribution in [0.15, 0.2) is 48.5 Å². The van der Waals surface area contributed by atoms with E-state index < -0.39 is 6.10 Å². The molecule has 1 aliphatic carbocycles. The van der Waals surface area contributed by atoms with Crippen molar-refractivity contribution in [2.45, 2.75) is 31.4 Å². The zero-order valence-electron chi connectivity index (χ0n) is 12.7. The molecule has 23 heavy (non-hydrogen) atoms. The minimum absolute atomic E-state index is 0.155. The number of rotatable bonds is 5. The SMILES string of the molecule is CC(Oc1ccc(Cl)cc1Cl)C(=O)NC1(c2ccccc2)CC1. The molecule has 0 aromatic heterocycles. The minimum atomic E-state index is -0.644. The molecule has 1 aliphatic rings. The van der Waals surface area contributed by atoms with Crippen LogP contribution >= 0.6 is 23.2 Å². The highest BCUT2D eigenvalue weighted by atomic mass is 35.5. The molecular weight excluding hydrogens is 333 g/mol. The molecule has 120 valence electrons. The van der Waals surface area contributed by atoms with Crippen LogP contribution in [0.3, 0.4) is 0 Å². The lowest BCUT2D eigenvalue weighted by atomic mass is 10.0. The smallest absolute Gasteiger partial charge is 0.261 e. The summed E-state index contributed by atoms with van der Waals surface area (Å²) < 4.78 is 5.67. The third-order valence-corrected chi connectivity index (χ3v) is 4.54. The number of hydrogen-bond donors (Lipinski definition) is 1. The van der Waals surface area contributed by atoms with Crippen LogP contribution in [-0.4, -0.2) is 12.0 Å². The first kappa shape index (κ1) is 16.2. The van der Waals surface area contributed by atoms with Gasteiger partial charge in [0, 0.05) is 5.02 Å². The Kier molecular flexibility index (Phi) is 4.51. The summed E-state index contributed by atoms with van der Waals surface area (Å²) in [5.74, 6) is 0.292. The highest BCUT2D eigenvalue weighted by molar-refractivity contribution is 6.35. The fourth-order valence-electron chi connectivity index (χ4n) is 2.52. The highest BCUT2D eigenvalue weighted by Crippen LogP contribution is 2.45. The summed E-state index contributed by atoms with van der Waals surface area (Å²) in [6, 6.07) is 14.9. The number of halogens is 2. The molecule has 0 spiro atoms. The molecule has 1 fully saturated rings. The lowest BCUT2D eigenvalue weighted by molar-refractivity contribution is -0.128. The first-order valence-corrected chi connectivity index (χ1v) is 8.25. The van der Waals surface area contributed by atoms with E-state index in [0.717, 1.165) is 18.4 Å². The number of ether oxygens (including phenoxy) is 1. The van der Waals surface area contributed by atoms with Gasteiger partial charge in [0.2, 0.25) is 0 Å². The molecule has 1 atom stereocenters. The van der Waals surface area contributed by atoms with Crippen molar-refractivity contribution in [3.05, 3.63) is 64.1 Å². The molecule has 1 saturated carbocycles. The van der Waals surface area contributed by atoms with Gasteiger partial charge in [-0.3, -0.25) is 4.79 Å². The normalized spacial score (nSPS) is 16.5. The largest absolute Gasteiger partial charge is 0.479 e. The van der Waals surface area contributed by atoms with Crippen LogP contribution in [0.2, 0.25) is 10.0 Å². The second-order valence-electron chi connectivity index (χ2n) is 5.77. The van der Waals surface area contributed by atoms with Crippen molar-refractivity contribution in [1.29, 1.82) is 0 Å². The van der Waals surface area contributed by atoms with Crippen LogP contribution in [0.5, 0.6) is 5.75 Å². The van der Waals surface area contributed by atoms with Crippen LogP contribution in [0, 0.1) is 0 Å². The third kappa shape index (κ3) is 3.62. The van der Waals surface area contributed by atoms with Gasteiger partial charge in [0.25, 0.3) is 5.91 Å². The standard InChI is InChI=1S/C18H17Cl2NO2/c1-12(23-16-8-7-14(19)11-15(16)20)17(22)21-18(9-10-18)13-5-3-2-4-6-13/h2-8,11-12H,9-10H2,1H3,(H,21,22). The molecule has 5 heteroatoms. The molecule has 1 unspecified atom stereocenters. The van der Waals surface area contributed by atoms with E-state index in [0.29, 0.717) is 15.8 Å². The lowest BCUT2D eigenvalue weighted by Crippen LogP contribution is -2.42. The van der Waals surface area contributed by atoms with Gasteiger partial charge in [-0.2, -0.15) is 0 Å². The van der Waals surface area contributed by atoms with Crippen LogP contribution in [0.1, 0.15) is 25.3 Å². The average Bonchev–Trinajstić information content (AvgIpc) is 3.31. The van der Waals surface area contributed by atoms with E-state index in [1.807, 2.05) is 30.3 Å². The number of carbonyl (C=O) groups is 1. The van der Waals surface area contributed by atoms with Gasteiger partial charge >= 0.3 is 0 Å². The molecule has 3 nitrogen and oxygen atoms in total. The molecule has 0 saturated heterocycles. The van der Waals surface area contributed by atoms with E-state index in [4.69, 9.17) is 27.9 Å². The van der Waals surface area contributed by atoms with E-state index in [1.165, 1.54) is 0 Å². The second kappa shape index (κ2) is 6.42. The number of benzene rings is 2. The van der Waals surface area contributed by atoms with Gasteiger partial charge in [-0.05, 0) is 43.5 Å². The van der Waals surface area contributed by atoms with Gasteiger partial charge < -0.3 is 10.1 Å². The Bertz CT molecular complexity index is 714. The summed E-state index contributed by atoms with van der Waals surface area (Å²) in [4.78, 5) is 12.4. The van der Waals surface area contributed by atoms with E-state index in [1.54, 1.807) is 25.1 Å². The summed E-state index contributed by atoms with van der Waals surface area (Å²) in [6.45, 7) is 1.71. The third-order valence-electron chi connectivity index (χ3n) is 4.01. The Morgan fingerprint density at radius 3 is 2.48 bits per heavy atom. The number of hydrogen-bond acceptors (Lipinski definition) is 2. The Morgan fingerprint density at radius 1 is 1.17 bits per heavy atom. The zero-order chi connectivity index (χ0) is 16.4. The van der Waals surface area contributed by atoms with Gasteiger partial charge in [0.15, 0.2) is 6.10 Å². The number of amides is 1. The minimum Gasteiger partial charge on any atom is -0.479 e. The maximum atomic E-state index is 12.4. The summed E-state index contributed by atoms with van der Waals surface area (Å²) >= 11 is 11.9. The molecule has 0 aliphatic heterocycles. The molecule has 0 heterocycles. The lowest BCUT2D eigenvalue weighted by Gasteiger charge is -2.22. The van der Waals surface area contributed by atoms with Gasteiger partial charge in [-0.25, -0.2) is 0 Å². The maximum absolute atomic E-state index is 12.4. The first-order chi connectivity index (χ1) is 11.0. The van der Waals surface area contributed by atoms with Crippen molar-refractivity contribution < 1.29 is 9.53 Å². The van der Waals surface area contributed by atoms with Crippen LogP contribution < -0.4 is 10.1 Å². The Labute approximate surface area is 145 Å². The van der Waals surface area contributed by atoms with Crippen LogP contribution in [0.25, 0.3) is 0 Å². The summed E-state index contributed by atoms with van der Waals surface area (Å²) in [7, 11) is 0. The topological polar surface area (TPSA) is 38.3 Å². The predicted octanol–water partition coefficient (Wildman–Crippen LogP) is 4.57. The van der Waals surface area contributed by atoms with Crippen molar-refractivity contribution in [2.24, 2.45) is 0 Å². The second-order valence-corrected chi connectivity index (χ2v) is 6.62. The van der Waals surface area contributed by atoms with Crippen LogP contribution in [0.4, 0.5) is 0 Å². The van der Waals surface area contributed by atoms with Crippen molar-refractivity contribution in [2.75, 3.05) is 0 Å². The molecule has 2 aromatic carbocycles. The zero-order valence-corrected chi connectivity index (χ0v) is 14.2. The van der Waals surface area contributed by atoms with Crippen molar-refractivity contribution in [3.63, 3.8) is 0 Å². The highest BCUT2D eigenvalue weighted by Gasteiger charge is 2.46.